The van der Waals surface area contributed by atoms with Gasteiger partial charge in [0.2, 0.25) is 0 Å². The molecule has 0 amide bonds. The molecule has 8 heteroatoms. The zero-order valence-electron chi connectivity index (χ0n) is 16.3. The molecule has 0 aliphatic carbocycles. The van der Waals surface area contributed by atoms with Crippen molar-refractivity contribution in [1.29, 1.82) is 0 Å². The fourth-order valence-corrected chi connectivity index (χ4v) is 4.54. The molecule has 28 heavy (non-hydrogen) atoms. The summed E-state index contributed by atoms with van der Waals surface area (Å²) in [5, 5.41) is 20.8. The number of ether oxygens (including phenoxy) is 1. The lowest BCUT2D eigenvalue weighted by molar-refractivity contribution is -0.161. The number of carbonyl (C=O) groups is 2. The maximum atomic E-state index is 12.7. The first kappa shape index (κ1) is 22.3. The quantitative estimate of drug-likeness (QED) is 0.566. The van der Waals surface area contributed by atoms with Crippen molar-refractivity contribution < 1.29 is 24.5 Å². The largest absolute Gasteiger partial charge is 0.481 e. The van der Waals surface area contributed by atoms with E-state index < -0.39 is 34.7 Å². The Hall–Kier alpha value is -1.96. The van der Waals surface area contributed by atoms with Crippen LogP contribution < -0.4 is 5.73 Å². The zero-order valence-corrected chi connectivity index (χ0v) is 17.1. The molecule has 0 fully saturated rings. The molecule has 0 saturated heterocycles. The monoisotopic (exact) mass is 410 g/mol. The molecule has 0 bridgehead atoms. The molecular formula is C20H27ClN2O5. The topological polar surface area (TPSA) is 122 Å². The van der Waals surface area contributed by atoms with Crippen molar-refractivity contribution in [3.8, 4) is 0 Å². The summed E-state index contributed by atoms with van der Waals surface area (Å²) in [5.74, 6) is -3.19. The number of hydrogen-bond donors (Lipinski definition) is 3. The number of benzene rings is 1. The lowest BCUT2D eigenvalue weighted by atomic mass is 9.53. The van der Waals surface area contributed by atoms with Gasteiger partial charge in [0.05, 0.1) is 19.3 Å². The number of carboxylic acids is 2. The van der Waals surface area contributed by atoms with Crippen LogP contribution in [0.2, 0.25) is 5.02 Å². The molecule has 4 atom stereocenters. The molecule has 154 valence electrons. The Bertz CT molecular complexity index is 784. The fourth-order valence-electron chi connectivity index (χ4n) is 4.30. The van der Waals surface area contributed by atoms with Gasteiger partial charge in [0.1, 0.15) is 10.8 Å². The molecule has 1 aromatic carbocycles. The predicted molar refractivity (Wildman–Crippen MR) is 107 cm³/mol. The highest BCUT2D eigenvalue weighted by Crippen LogP contribution is 2.57. The van der Waals surface area contributed by atoms with E-state index in [9.17, 15) is 19.8 Å². The highest BCUT2D eigenvalue weighted by molar-refractivity contribution is 6.31. The van der Waals surface area contributed by atoms with Crippen molar-refractivity contribution in [2.75, 3.05) is 19.8 Å². The number of rotatable bonds is 8. The smallest absolute Gasteiger partial charge is 0.315 e. The van der Waals surface area contributed by atoms with Crippen LogP contribution >= 0.6 is 11.6 Å². The number of halogens is 1. The minimum absolute atomic E-state index is 0.0331. The Morgan fingerprint density at radius 2 is 1.93 bits per heavy atom. The van der Waals surface area contributed by atoms with Gasteiger partial charge in [-0.25, -0.2) is 0 Å². The molecule has 0 radical (unpaired) electrons. The van der Waals surface area contributed by atoms with Crippen LogP contribution in [0.1, 0.15) is 38.7 Å². The summed E-state index contributed by atoms with van der Waals surface area (Å²) < 4.78 is 5.55. The van der Waals surface area contributed by atoms with Crippen LogP contribution in [-0.2, 0) is 14.3 Å². The molecule has 4 N–H and O–H groups in total. The summed E-state index contributed by atoms with van der Waals surface area (Å²) in [6.07, 6.45) is 0.161. The highest BCUT2D eigenvalue weighted by Gasteiger charge is 2.64. The fraction of sp³-hybridized carbons (Fsp3) is 0.550. The maximum absolute atomic E-state index is 12.7. The molecule has 7 nitrogen and oxygen atoms in total. The van der Waals surface area contributed by atoms with Crippen molar-refractivity contribution in [2.24, 2.45) is 21.6 Å². The number of nitrogens with zero attached hydrogens (tertiary/aromatic N) is 1. The summed E-state index contributed by atoms with van der Waals surface area (Å²) in [7, 11) is 0. The Morgan fingerprint density at radius 1 is 1.29 bits per heavy atom. The second-order valence-corrected chi connectivity index (χ2v) is 7.66. The lowest BCUT2D eigenvalue weighted by Gasteiger charge is -2.51. The van der Waals surface area contributed by atoms with E-state index >= 15 is 0 Å². The molecule has 0 saturated carbocycles. The zero-order chi connectivity index (χ0) is 21.1. The van der Waals surface area contributed by atoms with Gasteiger partial charge >= 0.3 is 11.9 Å². The third-order valence-electron chi connectivity index (χ3n) is 5.97. The van der Waals surface area contributed by atoms with Crippen LogP contribution in [0.25, 0.3) is 0 Å². The van der Waals surface area contributed by atoms with Gasteiger partial charge in [-0.05, 0) is 31.9 Å². The average molecular weight is 411 g/mol. The summed E-state index contributed by atoms with van der Waals surface area (Å²) in [4.78, 5) is 29.6. The summed E-state index contributed by atoms with van der Waals surface area (Å²) in [6.45, 7) is 5.46. The van der Waals surface area contributed by atoms with E-state index in [0.29, 0.717) is 22.8 Å². The van der Waals surface area contributed by atoms with Crippen LogP contribution in [0.4, 0.5) is 0 Å². The molecule has 1 heterocycles. The third-order valence-corrected chi connectivity index (χ3v) is 6.31. The second kappa shape index (κ2) is 8.59. The van der Waals surface area contributed by atoms with Crippen LogP contribution in [0.3, 0.4) is 0 Å². The summed E-state index contributed by atoms with van der Waals surface area (Å²) in [5.41, 5.74) is 3.26. The Morgan fingerprint density at radius 3 is 2.43 bits per heavy atom. The van der Waals surface area contributed by atoms with Gasteiger partial charge in [-0.15, -0.1) is 0 Å². The first-order chi connectivity index (χ1) is 13.2. The van der Waals surface area contributed by atoms with E-state index in [2.05, 4.69) is 4.99 Å². The average Bonchev–Trinajstić information content (AvgIpc) is 2.64. The van der Waals surface area contributed by atoms with Crippen LogP contribution in [-0.4, -0.2) is 53.7 Å². The first-order valence-corrected chi connectivity index (χ1v) is 9.59. The first-order valence-electron chi connectivity index (χ1n) is 9.21. The highest BCUT2D eigenvalue weighted by atomic mass is 35.5. The number of aliphatic carboxylic acids is 2. The Kier molecular flexibility index (Phi) is 6.85. The van der Waals surface area contributed by atoms with Crippen LogP contribution in [0.15, 0.2) is 29.3 Å². The van der Waals surface area contributed by atoms with Crippen LogP contribution in [0.5, 0.6) is 0 Å². The standard InChI is InChI=1S/C20H27ClN2O5/c1-4-20(18(26)27)15(11-28-10-9-22)23-12(2)19(3,17(24)25)16(20)13-7-5-6-8-14(13)21/h5-8,15-16H,4,9-11,22H2,1-3H3,(H,24,25)(H,26,27)/t15-,16+,19+,20-/m1/s1. The van der Waals surface area contributed by atoms with Gasteiger partial charge in [-0.3, -0.25) is 14.6 Å². The van der Waals surface area contributed by atoms with Gasteiger partial charge in [-0.2, -0.15) is 0 Å². The van der Waals surface area contributed by atoms with E-state index in [1.807, 2.05) is 0 Å². The van der Waals surface area contributed by atoms with Crippen molar-refractivity contribution in [3.63, 3.8) is 0 Å². The van der Waals surface area contributed by atoms with E-state index in [4.69, 9.17) is 22.1 Å². The Labute approximate surface area is 169 Å². The van der Waals surface area contributed by atoms with Gasteiger partial charge in [0, 0.05) is 23.2 Å². The predicted octanol–water partition coefficient (Wildman–Crippen LogP) is 2.81. The van der Waals surface area contributed by atoms with Crippen molar-refractivity contribution in [1.82, 2.24) is 0 Å². The van der Waals surface area contributed by atoms with E-state index in [-0.39, 0.29) is 19.6 Å². The van der Waals surface area contributed by atoms with Crippen molar-refractivity contribution in [2.45, 2.75) is 39.2 Å². The molecule has 2 rings (SSSR count). The summed E-state index contributed by atoms with van der Waals surface area (Å²) >= 11 is 6.43. The molecule has 1 aliphatic heterocycles. The molecule has 0 aromatic heterocycles. The molecule has 0 spiro atoms. The minimum atomic E-state index is -1.54. The van der Waals surface area contributed by atoms with Crippen molar-refractivity contribution >= 4 is 29.3 Å². The minimum Gasteiger partial charge on any atom is -0.481 e. The lowest BCUT2D eigenvalue weighted by Crippen LogP contribution is -2.60. The normalized spacial score (nSPS) is 30.0. The van der Waals surface area contributed by atoms with Gasteiger partial charge < -0.3 is 20.7 Å². The Balaban J connectivity index is 2.82. The maximum Gasteiger partial charge on any atom is 0.315 e. The molecular weight excluding hydrogens is 384 g/mol. The third kappa shape index (κ3) is 3.43. The van der Waals surface area contributed by atoms with Gasteiger partial charge in [-0.1, -0.05) is 36.7 Å². The molecule has 0 unspecified atom stereocenters. The van der Waals surface area contributed by atoms with Gasteiger partial charge in [0.25, 0.3) is 0 Å². The number of hydrogen-bond acceptors (Lipinski definition) is 5. The SMILES string of the molecule is CC[C@@]1(C(=O)O)[C@@H](COCCN)N=C(C)[C@](C)(C(=O)O)[C@@H]1c1ccccc1Cl. The van der Waals surface area contributed by atoms with Gasteiger partial charge in [0.15, 0.2) is 0 Å². The molecule has 1 aliphatic rings. The second-order valence-electron chi connectivity index (χ2n) is 7.25. The van der Waals surface area contributed by atoms with E-state index in [1.165, 1.54) is 6.92 Å². The number of carboxylic acid groups (broad SMARTS) is 2. The van der Waals surface area contributed by atoms with Crippen LogP contribution in [0, 0.1) is 10.8 Å². The molecule has 1 aromatic rings. The number of nitrogens with two attached hydrogens (primary N) is 1. The van der Waals surface area contributed by atoms with E-state index in [1.54, 1.807) is 38.1 Å². The van der Waals surface area contributed by atoms with Crippen molar-refractivity contribution in [3.05, 3.63) is 34.9 Å². The number of aliphatic imine (C=N–C) groups is 1. The summed E-state index contributed by atoms with van der Waals surface area (Å²) in [6, 6.07) is 6.02. The van der Waals surface area contributed by atoms with E-state index in [0.717, 1.165) is 0 Å².